The second kappa shape index (κ2) is 30.6. The van der Waals surface area contributed by atoms with Gasteiger partial charge in [0.15, 0.2) is 0 Å². The molecular weight excluding hydrogens is 458 g/mol. The number of hydrogen-bond acceptors (Lipinski definition) is 3. The predicted octanol–water partition coefficient (Wildman–Crippen LogP) is 9.77. The number of amides is 1. The maximum absolute atomic E-state index is 11.9. The van der Waals surface area contributed by atoms with Crippen LogP contribution in [0, 0.1) is 0 Å². The minimum atomic E-state index is -0.105. The van der Waals surface area contributed by atoms with Crippen molar-refractivity contribution in [2.75, 3.05) is 13.2 Å². The van der Waals surface area contributed by atoms with Gasteiger partial charge in [0.2, 0.25) is 5.91 Å². The van der Waals surface area contributed by atoms with Gasteiger partial charge in [-0.2, -0.15) is 0 Å². The summed E-state index contributed by atoms with van der Waals surface area (Å²) in [5, 5.41) is 2.94. The number of nitrogens with one attached hydrogen (secondary N) is 1. The number of unbranched alkanes of at least 4 members (excludes halogenated alkanes) is 16. The van der Waals surface area contributed by atoms with Crippen LogP contribution in [0.1, 0.15) is 162 Å². The average molecular weight is 520 g/mol. The van der Waals surface area contributed by atoms with Gasteiger partial charge in [-0.1, -0.05) is 122 Å². The molecule has 0 aromatic rings. The first-order valence-electron chi connectivity index (χ1n) is 15.9. The van der Waals surface area contributed by atoms with Gasteiger partial charge >= 0.3 is 5.97 Å². The number of allylic oxidation sites excluding steroid dienone is 4. The Hall–Kier alpha value is -1.58. The van der Waals surface area contributed by atoms with Gasteiger partial charge < -0.3 is 10.1 Å². The molecule has 0 heterocycles. The normalized spacial score (nSPS) is 11.5. The van der Waals surface area contributed by atoms with Crippen LogP contribution in [-0.2, 0) is 14.3 Å². The second-order valence-electron chi connectivity index (χ2n) is 10.5. The summed E-state index contributed by atoms with van der Waals surface area (Å²) in [6, 6.07) is 0. The predicted molar refractivity (Wildman–Crippen MR) is 160 cm³/mol. The van der Waals surface area contributed by atoms with Crippen LogP contribution in [-0.4, -0.2) is 25.0 Å². The molecule has 0 saturated carbocycles. The van der Waals surface area contributed by atoms with E-state index in [1.165, 1.54) is 89.9 Å². The van der Waals surface area contributed by atoms with Gasteiger partial charge in [0, 0.05) is 19.4 Å². The zero-order chi connectivity index (χ0) is 27.1. The van der Waals surface area contributed by atoms with Crippen molar-refractivity contribution in [3.63, 3.8) is 0 Å². The Morgan fingerprint density at radius 2 is 1.05 bits per heavy atom. The standard InChI is InChI=1S/C33H61NO3/c1-3-5-7-9-11-13-14-15-16-17-18-20-22-24-26-29-33(36)37-31-27-30-34-32(35)28-25-23-21-19-12-10-8-6-4-2/h11,13,15-16H,3-10,12,14,17-31H2,1-2H3,(H,34,35)/b13-11-,16-15-. The minimum Gasteiger partial charge on any atom is -0.466 e. The fourth-order valence-electron chi connectivity index (χ4n) is 4.32. The Labute approximate surface area is 230 Å². The molecule has 1 N–H and O–H groups in total. The van der Waals surface area contributed by atoms with Gasteiger partial charge in [0.25, 0.3) is 0 Å². The number of carbonyl (C=O) groups is 2. The maximum atomic E-state index is 11.9. The molecule has 0 rings (SSSR count). The Morgan fingerprint density at radius 3 is 1.68 bits per heavy atom. The van der Waals surface area contributed by atoms with Crippen LogP contribution >= 0.6 is 0 Å². The number of ether oxygens (including phenoxy) is 1. The molecule has 0 saturated heterocycles. The summed E-state index contributed by atoms with van der Waals surface area (Å²) in [6.45, 7) is 5.48. The average Bonchev–Trinajstić information content (AvgIpc) is 2.89. The SMILES string of the molecule is CCCCC/C=C\C/C=C\CCCCCCCC(=O)OCCCNC(=O)CCCCCCCCCCC. The van der Waals surface area contributed by atoms with Gasteiger partial charge in [0.1, 0.15) is 0 Å². The summed E-state index contributed by atoms with van der Waals surface area (Å²) in [5.74, 6) is 0.0195. The van der Waals surface area contributed by atoms with E-state index >= 15 is 0 Å². The minimum absolute atomic E-state index is 0.105. The third-order valence-electron chi connectivity index (χ3n) is 6.75. The molecule has 216 valence electrons. The summed E-state index contributed by atoms with van der Waals surface area (Å²) < 4.78 is 5.30. The second-order valence-corrected chi connectivity index (χ2v) is 10.5. The molecule has 0 aromatic heterocycles. The molecule has 0 bridgehead atoms. The van der Waals surface area contributed by atoms with E-state index in [9.17, 15) is 9.59 Å². The van der Waals surface area contributed by atoms with E-state index in [-0.39, 0.29) is 11.9 Å². The molecule has 0 atom stereocenters. The van der Waals surface area contributed by atoms with Crippen LogP contribution in [0.15, 0.2) is 24.3 Å². The Kier molecular flexibility index (Phi) is 29.3. The van der Waals surface area contributed by atoms with Gasteiger partial charge in [-0.15, -0.1) is 0 Å². The molecule has 1 amide bonds. The van der Waals surface area contributed by atoms with Crippen molar-refractivity contribution < 1.29 is 14.3 Å². The Morgan fingerprint density at radius 1 is 0.568 bits per heavy atom. The van der Waals surface area contributed by atoms with Crippen molar-refractivity contribution in [3.05, 3.63) is 24.3 Å². The highest BCUT2D eigenvalue weighted by Crippen LogP contribution is 2.11. The van der Waals surface area contributed by atoms with E-state index in [1.807, 2.05) is 0 Å². The van der Waals surface area contributed by atoms with Crippen LogP contribution in [0.25, 0.3) is 0 Å². The monoisotopic (exact) mass is 519 g/mol. The molecule has 0 aliphatic heterocycles. The van der Waals surface area contributed by atoms with Crippen LogP contribution in [0.3, 0.4) is 0 Å². The molecule has 0 unspecified atom stereocenters. The highest BCUT2D eigenvalue weighted by molar-refractivity contribution is 5.75. The van der Waals surface area contributed by atoms with Crippen LogP contribution in [0.4, 0.5) is 0 Å². The van der Waals surface area contributed by atoms with Crippen molar-refractivity contribution in [1.82, 2.24) is 5.32 Å². The first kappa shape index (κ1) is 35.4. The van der Waals surface area contributed by atoms with Crippen molar-refractivity contribution in [2.45, 2.75) is 162 Å². The lowest BCUT2D eigenvalue weighted by molar-refractivity contribution is -0.143. The molecule has 0 aromatic carbocycles. The van der Waals surface area contributed by atoms with E-state index in [2.05, 4.69) is 43.5 Å². The van der Waals surface area contributed by atoms with Crippen LogP contribution < -0.4 is 5.32 Å². The van der Waals surface area contributed by atoms with Gasteiger partial charge in [-0.05, 0) is 51.4 Å². The van der Waals surface area contributed by atoms with Gasteiger partial charge in [0.05, 0.1) is 6.61 Å². The summed E-state index contributed by atoms with van der Waals surface area (Å²) in [7, 11) is 0. The first-order valence-corrected chi connectivity index (χ1v) is 15.9. The molecule has 0 fully saturated rings. The number of esters is 1. The van der Waals surface area contributed by atoms with E-state index < -0.39 is 0 Å². The van der Waals surface area contributed by atoms with Crippen molar-refractivity contribution in [2.24, 2.45) is 0 Å². The van der Waals surface area contributed by atoms with Gasteiger partial charge in [-0.25, -0.2) is 0 Å². The summed E-state index contributed by atoms with van der Waals surface area (Å²) in [6.07, 6.45) is 35.4. The molecule has 37 heavy (non-hydrogen) atoms. The van der Waals surface area contributed by atoms with E-state index in [4.69, 9.17) is 4.74 Å². The summed E-state index contributed by atoms with van der Waals surface area (Å²) in [5.41, 5.74) is 0. The highest BCUT2D eigenvalue weighted by atomic mass is 16.5. The number of hydrogen-bond donors (Lipinski definition) is 1. The highest BCUT2D eigenvalue weighted by Gasteiger charge is 2.04. The zero-order valence-electron chi connectivity index (χ0n) is 24.7. The quantitative estimate of drug-likeness (QED) is 0.0635. The topological polar surface area (TPSA) is 55.4 Å². The lowest BCUT2D eigenvalue weighted by Crippen LogP contribution is -2.25. The molecule has 4 heteroatoms. The lowest BCUT2D eigenvalue weighted by atomic mass is 10.1. The zero-order valence-corrected chi connectivity index (χ0v) is 24.7. The largest absolute Gasteiger partial charge is 0.466 e. The maximum Gasteiger partial charge on any atom is 0.305 e. The summed E-state index contributed by atoms with van der Waals surface area (Å²) in [4.78, 5) is 23.7. The van der Waals surface area contributed by atoms with E-state index in [0.29, 0.717) is 32.4 Å². The van der Waals surface area contributed by atoms with Crippen LogP contribution in [0.5, 0.6) is 0 Å². The van der Waals surface area contributed by atoms with Crippen molar-refractivity contribution in [1.29, 1.82) is 0 Å². The fourth-order valence-corrected chi connectivity index (χ4v) is 4.32. The molecule has 0 aliphatic carbocycles. The summed E-state index contributed by atoms with van der Waals surface area (Å²) >= 11 is 0. The van der Waals surface area contributed by atoms with Crippen molar-refractivity contribution in [3.8, 4) is 0 Å². The molecule has 0 aliphatic rings. The van der Waals surface area contributed by atoms with Gasteiger partial charge in [-0.3, -0.25) is 9.59 Å². The first-order chi connectivity index (χ1) is 18.2. The number of rotatable bonds is 28. The number of carbonyl (C=O) groups excluding carboxylic acids is 2. The molecular formula is C33H61NO3. The van der Waals surface area contributed by atoms with Crippen molar-refractivity contribution >= 4 is 11.9 Å². The van der Waals surface area contributed by atoms with Crippen LogP contribution in [0.2, 0.25) is 0 Å². The lowest BCUT2D eigenvalue weighted by Gasteiger charge is -2.07. The third-order valence-corrected chi connectivity index (χ3v) is 6.75. The van der Waals surface area contributed by atoms with E-state index in [1.54, 1.807) is 0 Å². The Bertz CT molecular complexity index is 556. The smallest absolute Gasteiger partial charge is 0.305 e. The van der Waals surface area contributed by atoms with E-state index in [0.717, 1.165) is 38.5 Å². The Balaban J connectivity index is 3.34. The fraction of sp³-hybridized carbons (Fsp3) is 0.818. The molecule has 4 nitrogen and oxygen atoms in total. The third kappa shape index (κ3) is 30.5. The molecule has 0 radical (unpaired) electrons. The molecule has 0 spiro atoms.